The Kier molecular flexibility index (Phi) is 5.80. The van der Waals surface area contributed by atoms with Crippen LogP contribution in [-0.4, -0.2) is 35.1 Å². The van der Waals surface area contributed by atoms with Gasteiger partial charge < -0.3 is 14.8 Å². The number of nitrogens with one attached hydrogen (secondary N) is 1. The van der Waals surface area contributed by atoms with E-state index in [9.17, 15) is 13.2 Å². The molecule has 166 valence electrons. The maximum absolute atomic E-state index is 13.1. The molecule has 1 heterocycles. The maximum atomic E-state index is 13.1. The Hall–Kier alpha value is -3.52. The van der Waals surface area contributed by atoms with Crippen LogP contribution in [0, 0.1) is 6.92 Å². The average molecular weight is 453 g/mol. The molecule has 0 fully saturated rings. The van der Waals surface area contributed by atoms with Gasteiger partial charge in [0.15, 0.2) is 0 Å². The third-order valence-corrected chi connectivity index (χ3v) is 7.29. The number of hydrogen-bond acceptors (Lipinski definition) is 5. The largest absolute Gasteiger partial charge is 0.497 e. The maximum Gasteiger partial charge on any atom is 0.264 e. The van der Waals surface area contributed by atoms with Crippen LogP contribution in [0.4, 0.5) is 11.4 Å². The first-order valence-corrected chi connectivity index (χ1v) is 11.5. The van der Waals surface area contributed by atoms with Crippen molar-refractivity contribution in [3.05, 3.63) is 77.4 Å². The molecule has 1 N–H and O–H groups in total. The highest BCUT2D eigenvalue weighted by atomic mass is 32.2. The number of aryl methyl sites for hydroxylation is 1. The van der Waals surface area contributed by atoms with E-state index in [2.05, 4.69) is 5.32 Å². The molecule has 7 nitrogen and oxygen atoms in total. The summed E-state index contributed by atoms with van der Waals surface area (Å²) in [5.41, 5.74) is 3.37. The van der Waals surface area contributed by atoms with Gasteiger partial charge in [-0.2, -0.15) is 0 Å². The Bertz CT molecular complexity index is 1270. The van der Waals surface area contributed by atoms with Crippen LogP contribution in [0.15, 0.2) is 65.6 Å². The van der Waals surface area contributed by atoms with Crippen molar-refractivity contribution in [3.63, 3.8) is 0 Å². The van der Waals surface area contributed by atoms with Crippen LogP contribution < -0.4 is 19.1 Å². The summed E-state index contributed by atoms with van der Waals surface area (Å²) in [4.78, 5) is 13.1. The van der Waals surface area contributed by atoms with E-state index < -0.39 is 10.0 Å². The van der Waals surface area contributed by atoms with Gasteiger partial charge in [0.1, 0.15) is 11.5 Å². The molecule has 4 rings (SSSR count). The van der Waals surface area contributed by atoms with E-state index >= 15 is 0 Å². The fourth-order valence-corrected chi connectivity index (χ4v) is 5.20. The molecule has 8 heteroatoms. The van der Waals surface area contributed by atoms with Gasteiger partial charge in [0.2, 0.25) is 0 Å². The second kappa shape index (κ2) is 8.55. The first kappa shape index (κ1) is 21.7. The number of sulfonamides is 1. The van der Waals surface area contributed by atoms with Crippen molar-refractivity contribution < 1.29 is 22.7 Å². The Labute approximate surface area is 187 Å². The van der Waals surface area contributed by atoms with Crippen LogP contribution in [0.2, 0.25) is 0 Å². The van der Waals surface area contributed by atoms with Crippen molar-refractivity contribution >= 4 is 27.3 Å². The minimum Gasteiger partial charge on any atom is -0.497 e. The van der Waals surface area contributed by atoms with Crippen molar-refractivity contribution in [2.24, 2.45) is 0 Å². The Morgan fingerprint density at radius 2 is 1.72 bits per heavy atom. The molecule has 1 aliphatic rings. The quantitative estimate of drug-likeness (QED) is 0.611. The number of methoxy groups -OCH3 is 2. The van der Waals surface area contributed by atoms with Gasteiger partial charge in [-0.05, 0) is 61.4 Å². The number of carbonyl (C=O) groups excluding carboxylic acids is 1. The van der Waals surface area contributed by atoms with Crippen molar-refractivity contribution in [2.45, 2.75) is 18.2 Å². The highest BCUT2D eigenvalue weighted by Gasteiger charge is 2.31. The summed E-state index contributed by atoms with van der Waals surface area (Å²) in [7, 11) is -0.590. The summed E-state index contributed by atoms with van der Waals surface area (Å²) in [6.45, 7) is 2.25. The van der Waals surface area contributed by atoms with Crippen molar-refractivity contribution in [1.29, 1.82) is 0 Å². The van der Waals surface area contributed by atoms with Gasteiger partial charge in [-0.1, -0.05) is 17.7 Å². The number of amides is 1. The Morgan fingerprint density at radius 3 is 2.41 bits per heavy atom. The molecule has 32 heavy (non-hydrogen) atoms. The van der Waals surface area contributed by atoms with Gasteiger partial charge in [-0.3, -0.25) is 9.10 Å². The molecule has 0 unspecified atom stereocenters. The van der Waals surface area contributed by atoms with E-state index in [-0.39, 0.29) is 10.8 Å². The summed E-state index contributed by atoms with van der Waals surface area (Å²) in [5, 5.41) is 2.84. The SMILES string of the molecule is COc1ccc(NC(=O)c2ccc3c(c2)CCN3S(=O)(=O)c2ccc(C)cc2)c(OC)c1. The minimum atomic E-state index is -3.66. The first-order chi connectivity index (χ1) is 15.3. The van der Waals surface area contributed by atoms with Crippen LogP contribution in [0.5, 0.6) is 11.5 Å². The topological polar surface area (TPSA) is 84.9 Å². The van der Waals surface area contributed by atoms with E-state index in [0.29, 0.717) is 41.4 Å². The number of ether oxygens (including phenoxy) is 2. The molecule has 0 saturated heterocycles. The van der Waals surface area contributed by atoms with Crippen molar-refractivity contribution in [3.8, 4) is 11.5 Å². The highest BCUT2D eigenvalue weighted by Crippen LogP contribution is 2.34. The van der Waals surface area contributed by atoms with Crippen LogP contribution in [0.3, 0.4) is 0 Å². The zero-order chi connectivity index (χ0) is 22.9. The third kappa shape index (κ3) is 4.01. The molecule has 0 atom stereocenters. The second-order valence-electron chi connectivity index (χ2n) is 7.50. The molecular weight excluding hydrogens is 428 g/mol. The van der Waals surface area contributed by atoms with Crippen LogP contribution in [-0.2, 0) is 16.4 Å². The Morgan fingerprint density at radius 1 is 0.969 bits per heavy atom. The molecule has 0 bridgehead atoms. The molecule has 0 radical (unpaired) electrons. The minimum absolute atomic E-state index is 0.254. The zero-order valence-electron chi connectivity index (χ0n) is 18.1. The number of anilines is 2. The first-order valence-electron chi connectivity index (χ1n) is 10.1. The lowest BCUT2D eigenvalue weighted by atomic mass is 10.1. The summed E-state index contributed by atoms with van der Waals surface area (Å²) >= 11 is 0. The molecule has 0 spiro atoms. The second-order valence-corrected chi connectivity index (χ2v) is 9.37. The van der Waals surface area contributed by atoms with E-state index in [4.69, 9.17) is 9.47 Å². The van der Waals surface area contributed by atoms with Gasteiger partial charge in [-0.25, -0.2) is 8.42 Å². The molecule has 3 aromatic carbocycles. The number of benzene rings is 3. The monoisotopic (exact) mass is 452 g/mol. The van der Waals surface area contributed by atoms with Gasteiger partial charge in [-0.15, -0.1) is 0 Å². The number of carbonyl (C=O) groups is 1. The number of hydrogen-bond donors (Lipinski definition) is 1. The predicted molar refractivity (Wildman–Crippen MR) is 123 cm³/mol. The van der Waals surface area contributed by atoms with Crippen LogP contribution in [0.1, 0.15) is 21.5 Å². The zero-order valence-corrected chi connectivity index (χ0v) is 18.9. The lowest BCUT2D eigenvalue weighted by Gasteiger charge is -2.20. The normalized spacial score (nSPS) is 12.9. The van der Waals surface area contributed by atoms with Gasteiger partial charge in [0.05, 0.1) is 30.5 Å². The molecular formula is C24H24N2O5S. The van der Waals surface area contributed by atoms with Crippen LogP contribution in [0.25, 0.3) is 0 Å². The van der Waals surface area contributed by atoms with Gasteiger partial charge in [0, 0.05) is 18.2 Å². The Balaban J connectivity index is 1.58. The fourth-order valence-electron chi connectivity index (χ4n) is 3.70. The standard InChI is InChI=1S/C24H24N2O5S/c1-16-4-8-20(9-5-16)32(28,29)26-13-12-17-14-18(6-11-22(17)26)24(27)25-21-10-7-19(30-2)15-23(21)31-3/h4-11,14-15H,12-13H2,1-3H3,(H,25,27). The number of rotatable bonds is 6. The summed E-state index contributed by atoms with van der Waals surface area (Å²) in [5.74, 6) is 0.789. The molecule has 0 saturated carbocycles. The van der Waals surface area contributed by atoms with Gasteiger partial charge >= 0.3 is 0 Å². The molecule has 1 aliphatic heterocycles. The number of fused-ring (bicyclic) bond motifs is 1. The molecule has 3 aromatic rings. The lowest BCUT2D eigenvalue weighted by molar-refractivity contribution is 0.102. The summed E-state index contributed by atoms with van der Waals surface area (Å²) in [6, 6.07) is 17.0. The van der Waals surface area contributed by atoms with Crippen molar-refractivity contribution in [2.75, 3.05) is 30.4 Å². The van der Waals surface area contributed by atoms with E-state index in [0.717, 1.165) is 11.1 Å². The lowest BCUT2D eigenvalue weighted by Crippen LogP contribution is -2.29. The average Bonchev–Trinajstić information content (AvgIpc) is 3.23. The predicted octanol–water partition coefficient (Wildman–Crippen LogP) is 4.02. The smallest absolute Gasteiger partial charge is 0.264 e. The van der Waals surface area contributed by atoms with Crippen molar-refractivity contribution in [1.82, 2.24) is 0 Å². The third-order valence-electron chi connectivity index (χ3n) is 5.46. The number of nitrogens with zero attached hydrogens (tertiary/aromatic N) is 1. The summed E-state index contributed by atoms with van der Waals surface area (Å²) in [6.07, 6.45) is 0.535. The fraction of sp³-hybridized carbons (Fsp3) is 0.208. The van der Waals surface area contributed by atoms with Gasteiger partial charge in [0.25, 0.3) is 15.9 Å². The molecule has 1 amide bonds. The summed E-state index contributed by atoms with van der Waals surface area (Å²) < 4.78 is 38.1. The van der Waals surface area contributed by atoms with E-state index in [1.54, 1.807) is 67.8 Å². The van der Waals surface area contributed by atoms with Crippen LogP contribution >= 0.6 is 0 Å². The molecule has 0 aliphatic carbocycles. The van der Waals surface area contributed by atoms with E-state index in [1.165, 1.54) is 11.4 Å². The van der Waals surface area contributed by atoms with E-state index in [1.807, 2.05) is 6.92 Å². The highest BCUT2D eigenvalue weighted by molar-refractivity contribution is 7.92. The molecule has 0 aromatic heterocycles.